The molecule has 3 rings (SSSR count). The molecular weight excluding hydrogens is 484 g/mol. The van der Waals surface area contributed by atoms with Crippen LogP contribution in [0.1, 0.15) is 18.2 Å². The number of nitrogens with zero attached hydrogens (tertiary/aromatic N) is 1. The quantitative estimate of drug-likeness (QED) is 0.328. The van der Waals surface area contributed by atoms with Crippen LogP contribution in [0.3, 0.4) is 0 Å². The van der Waals surface area contributed by atoms with Crippen molar-refractivity contribution in [3.63, 3.8) is 0 Å². The maximum atomic E-state index is 14.5. The molecule has 1 unspecified atom stereocenters. The van der Waals surface area contributed by atoms with E-state index in [1.54, 1.807) is 11.0 Å². The highest BCUT2D eigenvalue weighted by Crippen LogP contribution is 2.34. The molecule has 0 amide bonds. The molecule has 1 fully saturated rings. The number of likely N-dealkylation sites (tertiary alicyclic amines) is 1. The highest BCUT2D eigenvalue weighted by Gasteiger charge is 2.33. The third kappa shape index (κ3) is 4.77. The molecule has 5 nitrogen and oxygen atoms in total. The lowest BCUT2D eigenvalue weighted by Gasteiger charge is -2.43. The second-order valence-electron chi connectivity index (χ2n) is 6.70. The van der Waals surface area contributed by atoms with E-state index >= 15 is 0 Å². The zero-order valence-electron chi connectivity index (χ0n) is 15.1. The fourth-order valence-electron chi connectivity index (χ4n) is 3.08. The van der Waals surface area contributed by atoms with E-state index in [2.05, 4.69) is 10.6 Å². The number of hydrogen-bond donors (Lipinski definition) is 4. The van der Waals surface area contributed by atoms with Crippen LogP contribution in [0.2, 0.25) is 0 Å². The van der Waals surface area contributed by atoms with E-state index in [-0.39, 0.29) is 23.0 Å². The molecule has 0 aromatic heterocycles. The summed E-state index contributed by atoms with van der Waals surface area (Å²) >= 11 is 1.96. The summed E-state index contributed by atoms with van der Waals surface area (Å²) in [7, 11) is 0. The maximum Gasteiger partial charge on any atom is 0.182 e. The van der Waals surface area contributed by atoms with Gasteiger partial charge in [0.05, 0.1) is 11.4 Å². The molecule has 0 spiro atoms. The van der Waals surface area contributed by atoms with Gasteiger partial charge in [0, 0.05) is 28.3 Å². The normalized spacial score (nSPS) is 16.1. The Morgan fingerprint density at radius 3 is 2.61 bits per heavy atom. The Balaban J connectivity index is 1.77. The summed E-state index contributed by atoms with van der Waals surface area (Å²) in [5.74, 6) is -2.83. The molecular formula is C19H22F3IN4O. The van der Waals surface area contributed by atoms with Gasteiger partial charge in [-0.15, -0.1) is 0 Å². The first-order valence-corrected chi connectivity index (χ1v) is 10.0. The maximum absolute atomic E-state index is 14.5. The zero-order valence-corrected chi connectivity index (χ0v) is 17.2. The molecule has 1 aliphatic rings. The van der Waals surface area contributed by atoms with Crippen LogP contribution in [0.25, 0.3) is 0 Å². The largest absolute Gasteiger partial charge is 0.374 e. The standard InChI is InChI=1S/C19H22F3IN4O/c20-14-4-3-13(19(28)27-9-12(10-27)25-7-1-6-24)18(17(14)22)26-16-5-2-11(23)8-15(16)21/h2-5,8,12,19,25-26,28H,1,6-7,9-10,24H2. The second-order valence-corrected chi connectivity index (χ2v) is 7.94. The fraction of sp³-hybridized carbons (Fsp3) is 0.368. The number of rotatable bonds is 8. The Labute approximate surface area is 175 Å². The van der Waals surface area contributed by atoms with Gasteiger partial charge in [-0.05, 0) is 72.4 Å². The van der Waals surface area contributed by atoms with Crippen molar-refractivity contribution in [3.05, 3.63) is 56.9 Å². The zero-order chi connectivity index (χ0) is 20.3. The topological polar surface area (TPSA) is 73.5 Å². The van der Waals surface area contributed by atoms with E-state index in [0.29, 0.717) is 23.2 Å². The molecule has 9 heteroatoms. The van der Waals surface area contributed by atoms with Gasteiger partial charge in [0.25, 0.3) is 0 Å². The van der Waals surface area contributed by atoms with E-state index in [1.807, 2.05) is 22.6 Å². The molecule has 152 valence electrons. The lowest BCUT2D eigenvalue weighted by Crippen LogP contribution is -2.59. The Hall–Kier alpha value is -1.40. The molecule has 0 radical (unpaired) electrons. The van der Waals surface area contributed by atoms with Crippen molar-refractivity contribution < 1.29 is 18.3 Å². The van der Waals surface area contributed by atoms with Gasteiger partial charge in [-0.2, -0.15) is 0 Å². The summed E-state index contributed by atoms with van der Waals surface area (Å²) in [6.45, 7) is 2.50. The van der Waals surface area contributed by atoms with Crippen molar-refractivity contribution in [2.24, 2.45) is 5.73 Å². The van der Waals surface area contributed by atoms with Crippen LogP contribution in [-0.4, -0.2) is 42.2 Å². The number of anilines is 2. The number of nitrogens with two attached hydrogens (primary N) is 1. The lowest BCUT2D eigenvalue weighted by atomic mass is 10.0. The highest BCUT2D eigenvalue weighted by molar-refractivity contribution is 14.1. The van der Waals surface area contributed by atoms with Crippen LogP contribution in [-0.2, 0) is 0 Å². The first-order valence-electron chi connectivity index (χ1n) is 8.96. The number of halogens is 4. The third-order valence-electron chi connectivity index (χ3n) is 4.67. The lowest BCUT2D eigenvalue weighted by molar-refractivity contribution is -0.0533. The summed E-state index contributed by atoms with van der Waals surface area (Å²) in [5, 5.41) is 16.6. The smallest absolute Gasteiger partial charge is 0.182 e. The SMILES string of the molecule is NCCCNC1CN(C(O)c2ccc(F)c(F)c2Nc2ccc(I)cc2F)C1. The van der Waals surface area contributed by atoms with E-state index in [0.717, 1.165) is 19.0 Å². The van der Waals surface area contributed by atoms with Crippen molar-refractivity contribution in [3.8, 4) is 0 Å². The summed E-state index contributed by atoms with van der Waals surface area (Å²) in [5.41, 5.74) is 5.34. The van der Waals surface area contributed by atoms with Crippen LogP contribution < -0.4 is 16.4 Å². The van der Waals surface area contributed by atoms with Gasteiger partial charge in [-0.25, -0.2) is 13.2 Å². The molecule has 28 heavy (non-hydrogen) atoms. The molecule has 1 aliphatic heterocycles. The van der Waals surface area contributed by atoms with E-state index in [1.165, 1.54) is 18.2 Å². The summed E-state index contributed by atoms with van der Waals surface area (Å²) in [6, 6.07) is 6.84. The molecule has 0 saturated carbocycles. The Morgan fingerprint density at radius 2 is 1.93 bits per heavy atom. The number of aliphatic hydroxyl groups is 1. The van der Waals surface area contributed by atoms with Gasteiger partial charge in [0.1, 0.15) is 12.0 Å². The van der Waals surface area contributed by atoms with Crippen LogP contribution in [0.5, 0.6) is 0 Å². The monoisotopic (exact) mass is 506 g/mol. The van der Waals surface area contributed by atoms with Crippen molar-refractivity contribution in [2.75, 3.05) is 31.5 Å². The van der Waals surface area contributed by atoms with Crippen LogP contribution in [0.4, 0.5) is 24.5 Å². The van der Waals surface area contributed by atoms with E-state index in [4.69, 9.17) is 5.73 Å². The molecule has 1 heterocycles. The molecule has 0 bridgehead atoms. The van der Waals surface area contributed by atoms with Crippen molar-refractivity contribution in [1.82, 2.24) is 10.2 Å². The first-order chi connectivity index (χ1) is 13.4. The van der Waals surface area contributed by atoms with Crippen LogP contribution in [0.15, 0.2) is 30.3 Å². The van der Waals surface area contributed by atoms with Gasteiger partial charge in [-0.1, -0.05) is 0 Å². The number of hydrogen-bond acceptors (Lipinski definition) is 5. The molecule has 2 aromatic rings. The summed E-state index contributed by atoms with van der Waals surface area (Å²) in [6.07, 6.45) is -0.283. The van der Waals surface area contributed by atoms with Gasteiger partial charge < -0.3 is 21.5 Å². The van der Waals surface area contributed by atoms with Gasteiger partial charge >= 0.3 is 0 Å². The Morgan fingerprint density at radius 1 is 1.18 bits per heavy atom. The summed E-state index contributed by atoms with van der Waals surface area (Å²) in [4.78, 5) is 1.72. The predicted molar refractivity (Wildman–Crippen MR) is 111 cm³/mol. The average Bonchev–Trinajstić information content (AvgIpc) is 2.62. The fourth-order valence-corrected chi connectivity index (χ4v) is 3.53. The molecule has 1 saturated heterocycles. The van der Waals surface area contributed by atoms with Crippen molar-refractivity contribution >= 4 is 34.0 Å². The minimum absolute atomic E-state index is 0.00306. The molecule has 1 atom stereocenters. The predicted octanol–water partition coefficient (Wildman–Crippen LogP) is 3.07. The number of benzene rings is 2. The molecule has 0 aliphatic carbocycles. The van der Waals surface area contributed by atoms with Crippen LogP contribution in [0, 0.1) is 21.0 Å². The Kier molecular flexibility index (Phi) is 7.15. The van der Waals surface area contributed by atoms with Crippen LogP contribution >= 0.6 is 22.6 Å². The van der Waals surface area contributed by atoms with E-state index < -0.39 is 23.7 Å². The Bertz CT molecular complexity index is 833. The van der Waals surface area contributed by atoms with Crippen molar-refractivity contribution in [2.45, 2.75) is 18.7 Å². The minimum Gasteiger partial charge on any atom is -0.374 e. The molecule has 5 N–H and O–H groups in total. The molecule has 2 aromatic carbocycles. The summed E-state index contributed by atoms with van der Waals surface area (Å²) < 4.78 is 43.1. The van der Waals surface area contributed by atoms with Gasteiger partial charge in [-0.3, -0.25) is 4.90 Å². The van der Waals surface area contributed by atoms with Crippen molar-refractivity contribution in [1.29, 1.82) is 0 Å². The first kappa shape index (κ1) is 21.3. The van der Waals surface area contributed by atoms with E-state index in [9.17, 15) is 18.3 Å². The number of nitrogens with one attached hydrogen (secondary N) is 2. The second kappa shape index (κ2) is 9.40. The van der Waals surface area contributed by atoms with Gasteiger partial charge in [0.15, 0.2) is 11.6 Å². The highest BCUT2D eigenvalue weighted by atomic mass is 127. The van der Waals surface area contributed by atoms with Gasteiger partial charge in [0.2, 0.25) is 0 Å². The number of aliphatic hydroxyl groups excluding tert-OH is 1. The third-order valence-corrected chi connectivity index (χ3v) is 5.34. The minimum atomic E-state index is -1.16. The average molecular weight is 506 g/mol.